The molecule has 1 aliphatic heterocycles. The summed E-state index contributed by atoms with van der Waals surface area (Å²) < 4.78 is 25.4. The van der Waals surface area contributed by atoms with E-state index < -0.39 is 10.0 Å². The van der Waals surface area contributed by atoms with Gasteiger partial charge in [0.05, 0.1) is 4.90 Å². The lowest BCUT2D eigenvalue weighted by atomic mass is 10.1. The third kappa shape index (κ3) is 3.92. The second-order valence-corrected chi connectivity index (χ2v) is 6.69. The highest BCUT2D eigenvalue weighted by atomic mass is 32.2. The predicted octanol–water partition coefficient (Wildman–Crippen LogP) is 1.01. The monoisotopic (exact) mass is 283 g/mol. The first-order valence-electron chi connectivity index (χ1n) is 6.60. The van der Waals surface area contributed by atoms with Gasteiger partial charge in [0.2, 0.25) is 10.0 Å². The third-order valence-corrected chi connectivity index (χ3v) is 4.91. The number of nitrogens with one attached hydrogen (secondary N) is 3. The van der Waals surface area contributed by atoms with Crippen LogP contribution in [-0.2, 0) is 10.0 Å². The maximum atomic E-state index is 11.6. The maximum absolute atomic E-state index is 11.6. The van der Waals surface area contributed by atoms with Crippen LogP contribution in [0.15, 0.2) is 29.2 Å². The van der Waals surface area contributed by atoms with Gasteiger partial charge in [-0.2, -0.15) is 0 Å². The molecule has 1 atom stereocenters. The van der Waals surface area contributed by atoms with Gasteiger partial charge < -0.3 is 10.6 Å². The summed E-state index contributed by atoms with van der Waals surface area (Å²) in [5, 5.41) is 6.68. The number of rotatable bonds is 6. The molecular weight excluding hydrogens is 262 g/mol. The molecule has 0 saturated carbocycles. The summed E-state index contributed by atoms with van der Waals surface area (Å²) in [7, 11) is -1.92. The Morgan fingerprint density at radius 1 is 1.32 bits per heavy atom. The van der Waals surface area contributed by atoms with Crippen molar-refractivity contribution in [3.8, 4) is 0 Å². The van der Waals surface area contributed by atoms with Gasteiger partial charge in [-0.1, -0.05) is 0 Å². The highest BCUT2D eigenvalue weighted by Crippen LogP contribution is 2.15. The van der Waals surface area contributed by atoms with E-state index in [0.29, 0.717) is 4.90 Å². The highest BCUT2D eigenvalue weighted by molar-refractivity contribution is 7.89. The molecule has 1 saturated heterocycles. The number of anilines is 1. The van der Waals surface area contributed by atoms with E-state index in [1.807, 2.05) is 0 Å². The molecular formula is C13H21N3O2S. The van der Waals surface area contributed by atoms with Crippen molar-refractivity contribution in [3.05, 3.63) is 24.3 Å². The largest absolute Gasteiger partial charge is 0.385 e. The quantitative estimate of drug-likeness (QED) is 0.728. The van der Waals surface area contributed by atoms with Crippen LogP contribution in [0.3, 0.4) is 0 Å². The molecule has 0 radical (unpaired) electrons. The molecule has 0 amide bonds. The molecule has 19 heavy (non-hydrogen) atoms. The van der Waals surface area contributed by atoms with Crippen molar-refractivity contribution in [2.75, 3.05) is 32.0 Å². The number of benzene rings is 1. The summed E-state index contributed by atoms with van der Waals surface area (Å²) in [6.07, 6.45) is 2.39. The summed E-state index contributed by atoms with van der Waals surface area (Å²) in [6.45, 7) is 3.16. The van der Waals surface area contributed by atoms with Gasteiger partial charge in [-0.25, -0.2) is 13.1 Å². The number of hydrogen-bond acceptors (Lipinski definition) is 4. The first-order chi connectivity index (χ1) is 9.12. The van der Waals surface area contributed by atoms with Gasteiger partial charge in [0.15, 0.2) is 0 Å². The zero-order valence-electron chi connectivity index (χ0n) is 11.1. The molecule has 2 rings (SSSR count). The Morgan fingerprint density at radius 2 is 2.05 bits per heavy atom. The minimum absolute atomic E-state index is 0.292. The van der Waals surface area contributed by atoms with E-state index in [1.54, 1.807) is 24.3 Å². The van der Waals surface area contributed by atoms with Crippen LogP contribution in [-0.4, -0.2) is 35.1 Å². The molecule has 0 aliphatic carbocycles. The Kier molecular flexibility index (Phi) is 4.79. The fourth-order valence-corrected chi connectivity index (χ4v) is 2.98. The van der Waals surface area contributed by atoms with E-state index in [2.05, 4.69) is 15.4 Å². The van der Waals surface area contributed by atoms with E-state index in [-0.39, 0.29) is 0 Å². The van der Waals surface area contributed by atoms with Gasteiger partial charge in [0.25, 0.3) is 0 Å². The van der Waals surface area contributed by atoms with Crippen molar-refractivity contribution >= 4 is 15.7 Å². The Morgan fingerprint density at radius 3 is 2.63 bits per heavy atom. The molecule has 1 unspecified atom stereocenters. The Bertz CT molecular complexity index is 493. The second-order valence-electron chi connectivity index (χ2n) is 4.81. The molecule has 1 heterocycles. The normalized spacial score (nSPS) is 19.5. The maximum Gasteiger partial charge on any atom is 0.240 e. The summed E-state index contributed by atoms with van der Waals surface area (Å²) in [5.41, 5.74) is 0.959. The molecule has 5 nitrogen and oxygen atoms in total. The van der Waals surface area contributed by atoms with E-state index in [1.165, 1.54) is 13.5 Å². The van der Waals surface area contributed by atoms with E-state index in [4.69, 9.17) is 0 Å². The average molecular weight is 283 g/mol. The van der Waals surface area contributed by atoms with Crippen molar-refractivity contribution in [2.45, 2.75) is 17.7 Å². The molecule has 0 aromatic heterocycles. The molecule has 106 valence electrons. The van der Waals surface area contributed by atoms with Crippen molar-refractivity contribution in [1.82, 2.24) is 10.0 Å². The molecule has 1 fully saturated rings. The van der Waals surface area contributed by atoms with Crippen molar-refractivity contribution < 1.29 is 8.42 Å². The highest BCUT2D eigenvalue weighted by Gasteiger charge is 2.13. The molecule has 6 heteroatoms. The molecule has 1 aromatic carbocycles. The fourth-order valence-electron chi connectivity index (χ4n) is 2.25. The first kappa shape index (κ1) is 14.3. The number of sulfonamides is 1. The van der Waals surface area contributed by atoms with E-state index in [9.17, 15) is 8.42 Å². The summed E-state index contributed by atoms with van der Waals surface area (Å²) >= 11 is 0. The van der Waals surface area contributed by atoms with Crippen LogP contribution in [0.1, 0.15) is 12.8 Å². The Labute approximate surface area is 114 Å². The molecule has 0 spiro atoms. The van der Waals surface area contributed by atoms with Crippen LogP contribution in [0.5, 0.6) is 0 Å². The van der Waals surface area contributed by atoms with Gasteiger partial charge in [-0.15, -0.1) is 0 Å². The molecule has 3 N–H and O–H groups in total. The Hall–Kier alpha value is -1.11. The molecule has 1 aliphatic rings. The smallest absolute Gasteiger partial charge is 0.240 e. The lowest BCUT2D eigenvalue weighted by Crippen LogP contribution is -2.18. The first-order valence-corrected chi connectivity index (χ1v) is 8.08. The lowest BCUT2D eigenvalue weighted by Gasteiger charge is -2.10. The molecule has 0 bridgehead atoms. The summed E-state index contributed by atoms with van der Waals surface area (Å²) in [4.78, 5) is 0.292. The van der Waals surface area contributed by atoms with Gasteiger partial charge in [-0.3, -0.25) is 0 Å². The van der Waals surface area contributed by atoms with Crippen LogP contribution >= 0.6 is 0 Å². The fraction of sp³-hybridized carbons (Fsp3) is 0.538. The van der Waals surface area contributed by atoms with Crippen molar-refractivity contribution in [3.63, 3.8) is 0 Å². The van der Waals surface area contributed by atoms with Crippen molar-refractivity contribution in [2.24, 2.45) is 5.92 Å². The van der Waals surface area contributed by atoms with E-state index in [0.717, 1.165) is 37.7 Å². The third-order valence-electron chi connectivity index (χ3n) is 3.48. The van der Waals surface area contributed by atoms with Crippen LogP contribution in [0.2, 0.25) is 0 Å². The zero-order valence-corrected chi connectivity index (χ0v) is 12.0. The topological polar surface area (TPSA) is 70.2 Å². The van der Waals surface area contributed by atoms with Gasteiger partial charge in [-0.05, 0) is 63.2 Å². The average Bonchev–Trinajstić information content (AvgIpc) is 2.92. The zero-order chi connectivity index (χ0) is 13.7. The van der Waals surface area contributed by atoms with Crippen LogP contribution in [0.25, 0.3) is 0 Å². The summed E-state index contributed by atoms with van der Waals surface area (Å²) in [5.74, 6) is 0.761. The minimum atomic E-state index is -3.33. The van der Waals surface area contributed by atoms with Crippen LogP contribution in [0, 0.1) is 5.92 Å². The molecule has 1 aromatic rings. The SMILES string of the molecule is CNS(=O)(=O)c1ccc(NCCC2CCNC2)cc1. The van der Waals surface area contributed by atoms with Crippen molar-refractivity contribution in [1.29, 1.82) is 0 Å². The van der Waals surface area contributed by atoms with Gasteiger partial charge in [0.1, 0.15) is 0 Å². The van der Waals surface area contributed by atoms with Crippen LogP contribution in [0.4, 0.5) is 5.69 Å². The van der Waals surface area contributed by atoms with Crippen LogP contribution < -0.4 is 15.4 Å². The second kappa shape index (κ2) is 6.36. The van der Waals surface area contributed by atoms with E-state index >= 15 is 0 Å². The predicted molar refractivity (Wildman–Crippen MR) is 76.8 cm³/mol. The summed E-state index contributed by atoms with van der Waals surface area (Å²) in [6, 6.07) is 6.84. The lowest BCUT2D eigenvalue weighted by molar-refractivity contribution is 0.549. The minimum Gasteiger partial charge on any atom is -0.385 e. The Balaban J connectivity index is 1.85. The van der Waals surface area contributed by atoms with Gasteiger partial charge >= 0.3 is 0 Å². The van der Waals surface area contributed by atoms with Gasteiger partial charge in [0, 0.05) is 12.2 Å². The number of hydrogen-bond donors (Lipinski definition) is 3. The standard InChI is InChI=1S/C13H21N3O2S/c1-14-19(17,18)13-4-2-12(3-5-13)16-9-7-11-6-8-15-10-11/h2-5,11,14-16H,6-10H2,1H3.